The molecule has 7 heteroatoms. The van der Waals surface area contributed by atoms with Crippen LogP contribution >= 0.6 is 0 Å². The normalized spacial score (nSPS) is 13.4. The third kappa shape index (κ3) is 4.68. The minimum atomic E-state index is -0.526. The fourth-order valence-corrected chi connectivity index (χ4v) is 3.32. The summed E-state index contributed by atoms with van der Waals surface area (Å²) in [6.07, 6.45) is 2.10. The van der Waals surface area contributed by atoms with E-state index < -0.39 is 11.6 Å². The summed E-state index contributed by atoms with van der Waals surface area (Å²) >= 11 is 0. The van der Waals surface area contributed by atoms with Crippen molar-refractivity contribution in [3.63, 3.8) is 0 Å². The molecular formula is C23H21NO6. The van der Waals surface area contributed by atoms with Crippen molar-refractivity contribution in [3.8, 4) is 5.75 Å². The van der Waals surface area contributed by atoms with E-state index in [-0.39, 0.29) is 19.1 Å². The Balaban J connectivity index is 1.27. The lowest BCUT2D eigenvalue weighted by Crippen LogP contribution is -2.27. The Morgan fingerprint density at radius 3 is 2.47 bits per heavy atom. The monoisotopic (exact) mass is 407 g/mol. The van der Waals surface area contributed by atoms with Gasteiger partial charge in [-0.2, -0.15) is 0 Å². The SMILES string of the molecule is O=C(COc1ccc2ccc(=O)oc2c1)OCc1ccc(C(=O)N2CCCC2)cc1. The molecule has 1 fully saturated rings. The molecule has 30 heavy (non-hydrogen) atoms. The Hall–Kier alpha value is -3.61. The van der Waals surface area contributed by atoms with Crippen LogP contribution in [0.2, 0.25) is 0 Å². The third-order valence-electron chi connectivity index (χ3n) is 4.95. The van der Waals surface area contributed by atoms with E-state index in [0.717, 1.165) is 36.9 Å². The minimum Gasteiger partial charge on any atom is -0.482 e. The van der Waals surface area contributed by atoms with Gasteiger partial charge in [0.15, 0.2) is 6.61 Å². The van der Waals surface area contributed by atoms with Gasteiger partial charge in [0.2, 0.25) is 0 Å². The van der Waals surface area contributed by atoms with Crippen LogP contribution in [0.1, 0.15) is 28.8 Å². The van der Waals surface area contributed by atoms with E-state index in [2.05, 4.69) is 0 Å². The number of carbonyl (C=O) groups is 2. The van der Waals surface area contributed by atoms with E-state index in [4.69, 9.17) is 13.9 Å². The van der Waals surface area contributed by atoms with Gasteiger partial charge in [-0.3, -0.25) is 4.79 Å². The second kappa shape index (κ2) is 8.82. The molecule has 2 heterocycles. The quantitative estimate of drug-likeness (QED) is 0.461. The molecule has 0 saturated carbocycles. The molecular weight excluding hydrogens is 386 g/mol. The largest absolute Gasteiger partial charge is 0.482 e. The Bertz CT molecular complexity index is 1110. The standard InChI is InChI=1S/C23H21NO6/c25-21-10-8-17-7-9-19(13-20(17)30-21)28-15-22(26)29-14-16-3-5-18(6-4-16)23(27)24-11-1-2-12-24/h3-10,13H,1-2,11-12,14-15H2. The number of carbonyl (C=O) groups excluding carboxylic acids is 2. The van der Waals surface area contributed by atoms with E-state index in [1.807, 2.05) is 4.90 Å². The average molecular weight is 407 g/mol. The number of fused-ring (bicyclic) bond motifs is 1. The maximum absolute atomic E-state index is 12.3. The van der Waals surface area contributed by atoms with Crippen molar-refractivity contribution >= 4 is 22.8 Å². The molecule has 0 N–H and O–H groups in total. The van der Waals surface area contributed by atoms with E-state index >= 15 is 0 Å². The predicted molar refractivity (Wildman–Crippen MR) is 109 cm³/mol. The number of esters is 1. The first-order valence-electron chi connectivity index (χ1n) is 9.79. The van der Waals surface area contributed by atoms with Crippen LogP contribution in [0.15, 0.2) is 63.8 Å². The Labute approximate surface area is 172 Å². The van der Waals surface area contributed by atoms with Crippen molar-refractivity contribution in [1.82, 2.24) is 4.90 Å². The van der Waals surface area contributed by atoms with Gasteiger partial charge in [0.1, 0.15) is 17.9 Å². The number of amides is 1. The number of rotatable bonds is 6. The first-order chi connectivity index (χ1) is 14.6. The molecule has 0 spiro atoms. The van der Waals surface area contributed by atoms with Gasteiger partial charge < -0.3 is 18.8 Å². The predicted octanol–water partition coefficient (Wildman–Crippen LogP) is 3.15. The smallest absolute Gasteiger partial charge is 0.344 e. The topological polar surface area (TPSA) is 86.0 Å². The van der Waals surface area contributed by atoms with Crippen molar-refractivity contribution < 1.29 is 23.5 Å². The zero-order valence-electron chi connectivity index (χ0n) is 16.3. The van der Waals surface area contributed by atoms with Crippen LogP contribution < -0.4 is 10.4 Å². The molecule has 0 bridgehead atoms. The molecule has 154 valence electrons. The van der Waals surface area contributed by atoms with Crippen LogP contribution in [-0.2, 0) is 16.1 Å². The second-order valence-electron chi connectivity index (χ2n) is 7.10. The molecule has 2 aromatic carbocycles. The molecule has 0 atom stereocenters. The molecule has 3 aromatic rings. The first kappa shape index (κ1) is 19.7. The van der Waals surface area contributed by atoms with Crippen LogP contribution in [-0.4, -0.2) is 36.5 Å². The summed E-state index contributed by atoms with van der Waals surface area (Å²) in [5.41, 5.74) is 1.36. The van der Waals surface area contributed by atoms with Crippen LogP contribution in [0.25, 0.3) is 11.0 Å². The summed E-state index contributed by atoms with van der Waals surface area (Å²) in [6, 6.07) is 15.0. The minimum absolute atomic E-state index is 0.0377. The molecule has 1 amide bonds. The van der Waals surface area contributed by atoms with E-state index in [1.54, 1.807) is 48.5 Å². The van der Waals surface area contributed by atoms with Crippen LogP contribution in [0.4, 0.5) is 0 Å². The van der Waals surface area contributed by atoms with Gasteiger partial charge in [-0.15, -0.1) is 0 Å². The molecule has 1 aliphatic rings. The maximum atomic E-state index is 12.3. The lowest BCUT2D eigenvalue weighted by Gasteiger charge is -2.15. The number of hydrogen-bond acceptors (Lipinski definition) is 6. The van der Waals surface area contributed by atoms with Gasteiger partial charge in [-0.25, -0.2) is 9.59 Å². The first-order valence-corrected chi connectivity index (χ1v) is 9.79. The summed E-state index contributed by atoms with van der Waals surface area (Å²) < 4.78 is 15.7. The molecule has 4 rings (SSSR count). The highest BCUT2D eigenvalue weighted by Gasteiger charge is 2.19. The highest BCUT2D eigenvalue weighted by molar-refractivity contribution is 5.94. The van der Waals surface area contributed by atoms with Gasteiger partial charge in [0.05, 0.1) is 0 Å². The van der Waals surface area contributed by atoms with E-state index in [1.165, 1.54) is 6.07 Å². The molecule has 0 aliphatic carbocycles. The summed E-state index contributed by atoms with van der Waals surface area (Å²) in [4.78, 5) is 37.5. The molecule has 0 unspecified atom stereocenters. The number of likely N-dealkylation sites (tertiary alicyclic amines) is 1. The zero-order valence-corrected chi connectivity index (χ0v) is 16.3. The highest BCUT2D eigenvalue weighted by atomic mass is 16.6. The molecule has 1 aromatic heterocycles. The van der Waals surface area contributed by atoms with E-state index in [0.29, 0.717) is 16.9 Å². The van der Waals surface area contributed by atoms with E-state index in [9.17, 15) is 14.4 Å². The molecule has 0 radical (unpaired) electrons. The summed E-state index contributed by atoms with van der Waals surface area (Å²) in [6.45, 7) is 1.43. The lowest BCUT2D eigenvalue weighted by molar-refractivity contribution is -0.147. The van der Waals surface area contributed by atoms with Crippen molar-refractivity contribution in [2.75, 3.05) is 19.7 Å². The summed E-state index contributed by atoms with van der Waals surface area (Å²) in [5.74, 6) is -0.0870. The Kier molecular flexibility index (Phi) is 5.79. The molecule has 1 saturated heterocycles. The van der Waals surface area contributed by atoms with Crippen molar-refractivity contribution in [2.45, 2.75) is 19.4 Å². The third-order valence-corrected chi connectivity index (χ3v) is 4.95. The molecule has 7 nitrogen and oxygen atoms in total. The highest BCUT2D eigenvalue weighted by Crippen LogP contribution is 2.19. The maximum Gasteiger partial charge on any atom is 0.344 e. The van der Waals surface area contributed by atoms with Gasteiger partial charge in [0, 0.05) is 36.2 Å². The number of benzene rings is 2. The van der Waals surface area contributed by atoms with Gasteiger partial charge >= 0.3 is 11.6 Å². The van der Waals surface area contributed by atoms with Crippen molar-refractivity contribution in [3.05, 3.63) is 76.1 Å². The number of ether oxygens (including phenoxy) is 2. The summed E-state index contributed by atoms with van der Waals surface area (Å²) in [5, 5.41) is 0.760. The van der Waals surface area contributed by atoms with Gasteiger partial charge in [-0.05, 0) is 48.7 Å². The average Bonchev–Trinajstić information content (AvgIpc) is 3.31. The second-order valence-corrected chi connectivity index (χ2v) is 7.10. The van der Waals surface area contributed by atoms with Crippen LogP contribution in [0.3, 0.4) is 0 Å². The van der Waals surface area contributed by atoms with Crippen LogP contribution in [0, 0.1) is 0 Å². The lowest BCUT2D eigenvalue weighted by atomic mass is 10.1. The zero-order chi connectivity index (χ0) is 20.9. The van der Waals surface area contributed by atoms with Crippen molar-refractivity contribution in [2.24, 2.45) is 0 Å². The summed E-state index contributed by atoms with van der Waals surface area (Å²) in [7, 11) is 0. The van der Waals surface area contributed by atoms with Crippen LogP contribution in [0.5, 0.6) is 5.75 Å². The Morgan fingerprint density at radius 1 is 0.967 bits per heavy atom. The number of nitrogens with zero attached hydrogens (tertiary/aromatic N) is 1. The van der Waals surface area contributed by atoms with Gasteiger partial charge in [-0.1, -0.05) is 12.1 Å². The Morgan fingerprint density at radius 2 is 1.70 bits per heavy atom. The molecule has 1 aliphatic heterocycles. The fourth-order valence-electron chi connectivity index (χ4n) is 3.32. The number of hydrogen-bond donors (Lipinski definition) is 0. The fraction of sp³-hybridized carbons (Fsp3) is 0.261. The van der Waals surface area contributed by atoms with Gasteiger partial charge in [0.25, 0.3) is 5.91 Å². The van der Waals surface area contributed by atoms with Crippen molar-refractivity contribution in [1.29, 1.82) is 0 Å².